The van der Waals surface area contributed by atoms with E-state index in [1.807, 2.05) is 58.2 Å². The van der Waals surface area contributed by atoms with Gasteiger partial charge in [0.05, 0.1) is 24.0 Å². The number of β-amino-alcohol motifs (C(OH)–C–C–N with tert-alkyl or cyclic N) is 1. The van der Waals surface area contributed by atoms with Crippen molar-refractivity contribution in [3.8, 4) is 11.3 Å². The minimum Gasteiger partial charge on any atom is -0.443 e. The van der Waals surface area contributed by atoms with Gasteiger partial charge in [-0.15, -0.1) is 0 Å². The van der Waals surface area contributed by atoms with E-state index in [2.05, 4.69) is 36.2 Å². The Hall–Kier alpha value is -3.46. The van der Waals surface area contributed by atoms with Crippen molar-refractivity contribution >= 4 is 11.8 Å². The van der Waals surface area contributed by atoms with Crippen LogP contribution in [0.4, 0.5) is 0 Å². The summed E-state index contributed by atoms with van der Waals surface area (Å²) >= 11 is 0. The fourth-order valence-electron chi connectivity index (χ4n) is 4.95. The van der Waals surface area contributed by atoms with E-state index in [0.29, 0.717) is 5.76 Å². The molecule has 9 heteroatoms. The molecule has 1 aliphatic heterocycles. The first kappa shape index (κ1) is 27.6. The molecule has 0 saturated carbocycles. The Bertz CT molecular complexity index is 1270. The SMILES string of the molecule is Cc1ncoc1-c1ccc([C@H](C)NC(=O)[C@@H]2C[C@@H](O)CN2C(=O)[C@H](C(C)C)n2cc(C(C)(C)C)cn2)cc1. The van der Waals surface area contributed by atoms with Gasteiger partial charge in [0.1, 0.15) is 12.1 Å². The second-order valence-corrected chi connectivity index (χ2v) is 11.7. The molecule has 2 amide bonds. The summed E-state index contributed by atoms with van der Waals surface area (Å²) in [5.41, 5.74) is 3.57. The Labute approximate surface area is 224 Å². The quantitative estimate of drug-likeness (QED) is 0.482. The van der Waals surface area contributed by atoms with E-state index in [4.69, 9.17) is 4.42 Å². The Morgan fingerprint density at radius 2 is 1.84 bits per heavy atom. The minimum atomic E-state index is -0.759. The van der Waals surface area contributed by atoms with Gasteiger partial charge in [-0.1, -0.05) is 58.9 Å². The van der Waals surface area contributed by atoms with Gasteiger partial charge in [0.15, 0.2) is 12.2 Å². The second-order valence-electron chi connectivity index (χ2n) is 11.7. The summed E-state index contributed by atoms with van der Waals surface area (Å²) in [6.45, 7) is 14.1. The lowest BCUT2D eigenvalue weighted by Gasteiger charge is -2.30. The van der Waals surface area contributed by atoms with Crippen molar-refractivity contribution in [2.24, 2.45) is 5.92 Å². The largest absolute Gasteiger partial charge is 0.443 e. The molecule has 4 rings (SSSR count). The van der Waals surface area contributed by atoms with Crippen molar-refractivity contribution in [2.75, 3.05) is 6.54 Å². The number of nitrogens with zero attached hydrogens (tertiary/aromatic N) is 4. The minimum absolute atomic E-state index is 0.0536. The Kier molecular flexibility index (Phi) is 7.78. The molecule has 9 nitrogen and oxygen atoms in total. The molecule has 0 spiro atoms. The average Bonchev–Trinajstić information content (AvgIpc) is 3.58. The molecule has 0 radical (unpaired) electrons. The predicted octanol–water partition coefficient (Wildman–Crippen LogP) is 4.18. The lowest BCUT2D eigenvalue weighted by molar-refractivity contribution is -0.142. The van der Waals surface area contributed by atoms with Crippen molar-refractivity contribution in [1.29, 1.82) is 0 Å². The number of carbonyl (C=O) groups is 2. The summed E-state index contributed by atoms with van der Waals surface area (Å²) in [5, 5.41) is 18.0. The number of rotatable bonds is 7. The zero-order chi connectivity index (χ0) is 27.8. The normalized spacial score (nSPS) is 19.6. The second kappa shape index (κ2) is 10.7. The highest BCUT2D eigenvalue weighted by molar-refractivity contribution is 5.90. The number of hydrogen-bond donors (Lipinski definition) is 2. The fourth-order valence-corrected chi connectivity index (χ4v) is 4.95. The zero-order valence-electron chi connectivity index (χ0n) is 23.3. The molecule has 2 aromatic heterocycles. The Balaban J connectivity index is 1.49. The van der Waals surface area contributed by atoms with Gasteiger partial charge in [0.25, 0.3) is 0 Å². The Morgan fingerprint density at radius 1 is 1.16 bits per heavy atom. The third kappa shape index (κ3) is 5.67. The number of amides is 2. The van der Waals surface area contributed by atoms with Gasteiger partial charge in [-0.2, -0.15) is 5.10 Å². The number of benzene rings is 1. The Morgan fingerprint density at radius 3 is 2.39 bits per heavy atom. The number of aliphatic hydroxyl groups excluding tert-OH is 1. The summed E-state index contributed by atoms with van der Waals surface area (Å²) in [5.74, 6) is 0.173. The predicted molar refractivity (Wildman–Crippen MR) is 144 cm³/mol. The molecular formula is C29H39N5O4. The van der Waals surface area contributed by atoms with Crippen LogP contribution in [-0.4, -0.2) is 55.3 Å². The van der Waals surface area contributed by atoms with Gasteiger partial charge in [0.2, 0.25) is 11.8 Å². The number of carbonyl (C=O) groups excluding carboxylic acids is 2. The first-order chi connectivity index (χ1) is 17.9. The number of hydrogen-bond acceptors (Lipinski definition) is 6. The monoisotopic (exact) mass is 521 g/mol. The van der Waals surface area contributed by atoms with Crippen LogP contribution in [0.3, 0.4) is 0 Å². The van der Waals surface area contributed by atoms with Crippen LogP contribution in [0.15, 0.2) is 47.5 Å². The molecule has 1 aliphatic rings. The average molecular weight is 522 g/mol. The molecule has 1 saturated heterocycles. The molecule has 204 valence electrons. The van der Waals surface area contributed by atoms with Gasteiger partial charge >= 0.3 is 0 Å². The lowest BCUT2D eigenvalue weighted by Crippen LogP contribution is -2.49. The summed E-state index contributed by atoms with van der Waals surface area (Å²) in [4.78, 5) is 32.8. The highest BCUT2D eigenvalue weighted by Gasteiger charge is 2.43. The van der Waals surface area contributed by atoms with Crippen molar-refractivity contribution in [3.63, 3.8) is 0 Å². The summed E-state index contributed by atoms with van der Waals surface area (Å²) in [7, 11) is 0. The molecule has 1 fully saturated rings. The van der Waals surface area contributed by atoms with Crippen LogP contribution in [0.2, 0.25) is 0 Å². The summed E-state index contributed by atoms with van der Waals surface area (Å²) in [6.07, 6.45) is 4.57. The molecule has 2 N–H and O–H groups in total. The zero-order valence-corrected chi connectivity index (χ0v) is 23.3. The summed E-state index contributed by atoms with van der Waals surface area (Å²) < 4.78 is 7.17. The van der Waals surface area contributed by atoms with Gasteiger partial charge in [-0.25, -0.2) is 4.98 Å². The van der Waals surface area contributed by atoms with Crippen molar-refractivity contribution in [1.82, 2.24) is 25.0 Å². The van der Waals surface area contributed by atoms with Crippen molar-refractivity contribution in [3.05, 3.63) is 59.9 Å². The molecule has 38 heavy (non-hydrogen) atoms. The van der Waals surface area contributed by atoms with Crippen molar-refractivity contribution < 1.29 is 19.1 Å². The van der Waals surface area contributed by atoms with E-state index in [1.54, 1.807) is 10.9 Å². The molecule has 0 bridgehead atoms. The highest BCUT2D eigenvalue weighted by Crippen LogP contribution is 2.30. The number of aryl methyl sites for hydroxylation is 1. The highest BCUT2D eigenvalue weighted by atomic mass is 16.3. The molecule has 3 heterocycles. The maximum Gasteiger partial charge on any atom is 0.248 e. The van der Waals surface area contributed by atoms with E-state index in [0.717, 1.165) is 22.4 Å². The van der Waals surface area contributed by atoms with Crippen LogP contribution in [-0.2, 0) is 15.0 Å². The van der Waals surface area contributed by atoms with Gasteiger partial charge < -0.3 is 19.7 Å². The van der Waals surface area contributed by atoms with E-state index < -0.39 is 18.2 Å². The number of nitrogens with one attached hydrogen (secondary N) is 1. The molecule has 0 aliphatic carbocycles. The van der Waals surface area contributed by atoms with E-state index in [9.17, 15) is 14.7 Å². The number of oxazole rings is 1. The van der Waals surface area contributed by atoms with Gasteiger partial charge in [-0.3, -0.25) is 14.3 Å². The fraction of sp³-hybridized carbons (Fsp3) is 0.517. The molecule has 3 aromatic rings. The lowest BCUT2D eigenvalue weighted by atomic mass is 9.90. The smallest absolute Gasteiger partial charge is 0.248 e. The third-order valence-electron chi connectivity index (χ3n) is 7.28. The van der Waals surface area contributed by atoms with E-state index in [1.165, 1.54) is 11.3 Å². The van der Waals surface area contributed by atoms with Crippen molar-refractivity contribution in [2.45, 2.75) is 84.5 Å². The van der Waals surface area contributed by atoms with Crippen LogP contribution in [0.25, 0.3) is 11.3 Å². The number of aliphatic hydroxyl groups is 1. The molecule has 1 aromatic carbocycles. The van der Waals surface area contributed by atoms with Gasteiger partial charge in [0, 0.05) is 24.7 Å². The van der Waals surface area contributed by atoms with Crippen LogP contribution >= 0.6 is 0 Å². The maximum atomic E-state index is 13.8. The third-order valence-corrected chi connectivity index (χ3v) is 7.28. The standard InChI is InChI=1S/C29H39N5O4/c1-17(2)25(34-14-22(13-31-34)29(5,6)7)28(37)33-15-23(35)12-24(33)27(36)32-18(3)20-8-10-21(11-9-20)26-19(4)30-16-38-26/h8-11,13-14,16-18,23-25,35H,12,15H2,1-7H3,(H,32,36)/t18-,23+,24-,25-/m0/s1. The summed E-state index contributed by atoms with van der Waals surface area (Å²) in [6, 6.07) is 6.13. The topological polar surface area (TPSA) is 113 Å². The van der Waals surface area contributed by atoms with E-state index in [-0.39, 0.29) is 42.2 Å². The number of likely N-dealkylation sites (tertiary alicyclic amines) is 1. The van der Waals surface area contributed by atoms with E-state index >= 15 is 0 Å². The molecule has 4 atom stereocenters. The molecule has 0 unspecified atom stereocenters. The van der Waals surface area contributed by atoms with Crippen LogP contribution in [0, 0.1) is 12.8 Å². The molecular weight excluding hydrogens is 482 g/mol. The first-order valence-electron chi connectivity index (χ1n) is 13.2. The maximum absolute atomic E-state index is 13.8. The van der Waals surface area contributed by atoms with Gasteiger partial charge in [-0.05, 0) is 36.3 Å². The van der Waals surface area contributed by atoms with Crippen LogP contribution in [0.1, 0.15) is 76.9 Å². The first-order valence-corrected chi connectivity index (χ1v) is 13.2. The van der Waals surface area contributed by atoms with Crippen LogP contribution in [0.5, 0.6) is 0 Å². The number of aromatic nitrogens is 3. The van der Waals surface area contributed by atoms with Crippen LogP contribution < -0.4 is 5.32 Å².